The quantitative estimate of drug-likeness (QED) is 0.615. The average molecular weight is 227 g/mol. The minimum Gasteiger partial charge on any atom is -0.317 e. The topological polar surface area (TPSA) is 27.3 Å². The van der Waals surface area contributed by atoms with Crippen LogP contribution in [0.25, 0.3) is 0 Å². The molecule has 0 aromatic rings. The Morgan fingerprint density at radius 3 is 2.44 bits per heavy atom. The van der Waals surface area contributed by atoms with Crippen molar-refractivity contribution in [2.24, 2.45) is 0 Å². The maximum absolute atomic E-state index is 3.67. The third kappa shape index (κ3) is 5.83. The van der Waals surface area contributed by atoms with E-state index in [2.05, 4.69) is 29.4 Å². The fourth-order valence-corrected chi connectivity index (χ4v) is 2.33. The van der Waals surface area contributed by atoms with Gasteiger partial charge in [-0.3, -0.25) is 0 Å². The highest BCUT2D eigenvalue weighted by Crippen LogP contribution is 2.02. The summed E-state index contributed by atoms with van der Waals surface area (Å²) in [5.41, 5.74) is 0. The molecule has 2 N–H and O–H groups in total. The Kier molecular flexibility index (Phi) is 7.81. The van der Waals surface area contributed by atoms with E-state index >= 15 is 0 Å². The molecule has 0 saturated carbocycles. The second kappa shape index (κ2) is 8.97. The monoisotopic (exact) mass is 227 g/mol. The Bertz CT molecular complexity index is 151. The van der Waals surface area contributed by atoms with Gasteiger partial charge in [0.15, 0.2) is 0 Å². The largest absolute Gasteiger partial charge is 0.317 e. The lowest BCUT2D eigenvalue weighted by Gasteiger charge is -2.24. The summed E-state index contributed by atoms with van der Waals surface area (Å²) in [5, 5.41) is 7.07. The standard InChI is InChI=1S/C13H29N3/c1-3-16(4-2)12-6-5-9-15-13-7-10-14-11-8-13/h13-15H,3-12H2,1-2H3. The average Bonchev–Trinajstić information content (AvgIpc) is 2.35. The minimum atomic E-state index is 0.773. The van der Waals surface area contributed by atoms with Crippen LogP contribution in [-0.2, 0) is 0 Å². The molecule has 0 atom stereocenters. The normalized spacial score (nSPS) is 18.2. The van der Waals surface area contributed by atoms with E-state index in [9.17, 15) is 0 Å². The number of unbranched alkanes of at least 4 members (excludes halogenated alkanes) is 1. The van der Waals surface area contributed by atoms with Crippen molar-refractivity contribution < 1.29 is 0 Å². The lowest BCUT2D eigenvalue weighted by molar-refractivity contribution is 0.293. The van der Waals surface area contributed by atoms with Crippen molar-refractivity contribution in [3.63, 3.8) is 0 Å². The molecule has 3 nitrogen and oxygen atoms in total. The molecule has 16 heavy (non-hydrogen) atoms. The summed E-state index contributed by atoms with van der Waals surface area (Å²) in [6, 6.07) is 0.773. The summed E-state index contributed by atoms with van der Waals surface area (Å²) in [5.74, 6) is 0. The van der Waals surface area contributed by atoms with E-state index in [0.29, 0.717) is 0 Å². The van der Waals surface area contributed by atoms with Gasteiger partial charge in [-0.15, -0.1) is 0 Å². The smallest absolute Gasteiger partial charge is 0.00912 e. The van der Waals surface area contributed by atoms with Gasteiger partial charge >= 0.3 is 0 Å². The van der Waals surface area contributed by atoms with Crippen molar-refractivity contribution in [2.75, 3.05) is 39.3 Å². The van der Waals surface area contributed by atoms with Crippen molar-refractivity contribution in [3.8, 4) is 0 Å². The van der Waals surface area contributed by atoms with E-state index in [4.69, 9.17) is 0 Å². The zero-order valence-electron chi connectivity index (χ0n) is 11.1. The fourth-order valence-electron chi connectivity index (χ4n) is 2.33. The summed E-state index contributed by atoms with van der Waals surface area (Å²) in [4.78, 5) is 2.50. The molecular weight excluding hydrogens is 198 g/mol. The Morgan fingerprint density at radius 1 is 1.12 bits per heavy atom. The maximum atomic E-state index is 3.67. The van der Waals surface area contributed by atoms with Gasteiger partial charge in [-0.05, 0) is 65.0 Å². The number of nitrogens with zero attached hydrogens (tertiary/aromatic N) is 1. The number of hydrogen-bond acceptors (Lipinski definition) is 3. The van der Waals surface area contributed by atoms with Crippen LogP contribution < -0.4 is 10.6 Å². The molecule has 0 aromatic carbocycles. The Morgan fingerprint density at radius 2 is 1.81 bits per heavy atom. The first kappa shape index (κ1) is 13.9. The Hall–Kier alpha value is -0.120. The molecule has 0 unspecified atom stereocenters. The first-order valence-electron chi connectivity index (χ1n) is 7.03. The molecule has 1 rings (SSSR count). The molecule has 1 aliphatic rings. The second-order valence-electron chi connectivity index (χ2n) is 4.71. The molecule has 0 amide bonds. The fraction of sp³-hybridized carbons (Fsp3) is 1.00. The molecule has 1 fully saturated rings. The molecule has 96 valence electrons. The van der Waals surface area contributed by atoms with Crippen LogP contribution in [-0.4, -0.2) is 50.2 Å². The molecule has 0 radical (unpaired) electrons. The van der Waals surface area contributed by atoms with E-state index in [1.165, 1.54) is 65.0 Å². The van der Waals surface area contributed by atoms with Gasteiger partial charge in [-0.25, -0.2) is 0 Å². The highest BCUT2D eigenvalue weighted by atomic mass is 15.1. The van der Waals surface area contributed by atoms with Gasteiger partial charge in [0.2, 0.25) is 0 Å². The summed E-state index contributed by atoms with van der Waals surface area (Å²) >= 11 is 0. The molecule has 0 aromatic heterocycles. The van der Waals surface area contributed by atoms with E-state index in [-0.39, 0.29) is 0 Å². The van der Waals surface area contributed by atoms with Crippen LogP contribution in [0, 0.1) is 0 Å². The third-order valence-electron chi connectivity index (χ3n) is 3.57. The first-order valence-corrected chi connectivity index (χ1v) is 7.03. The molecule has 0 spiro atoms. The van der Waals surface area contributed by atoms with E-state index < -0.39 is 0 Å². The summed E-state index contributed by atoms with van der Waals surface area (Å²) in [6.07, 6.45) is 5.26. The number of piperidine rings is 1. The van der Waals surface area contributed by atoms with Crippen LogP contribution in [0.1, 0.15) is 39.5 Å². The van der Waals surface area contributed by atoms with Crippen LogP contribution in [0.15, 0.2) is 0 Å². The van der Waals surface area contributed by atoms with Gasteiger partial charge < -0.3 is 15.5 Å². The van der Waals surface area contributed by atoms with Crippen LogP contribution in [0.2, 0.25) is 0 Å². The number of rotatable bonds is 8. The van der Waals surface area contributed by atoms with E-state index in [1.54, 1.807) is 0 Å². The second-order valence-corrected chi connectivity index (χ2v) is 4.71. The molecule has 0 bridgehead atoms. The van der Waals surface area contributed by atoms with Crippen LogP contribution in [0.4, 0.5) is 0 Å². The summed E-state index contributed by atoms with van der Waals surface area (Å²) in [7, 11) is 0. The summed E-state index contributed by atoms with van der Waals surface area (Å²) in [6.45, 7) is 11.7. The predicted octanol–water partition coefficient (Wildman–Crippen LogP) is 1.45. The van der Waals surface area contributed by atoms with Crippen molar-refractivity contribution in [1.82, 2.24) is 15.5 Å². The van der Waals surface area contributed by atoms with Crippen molar-refractivity contribution in [3.05, 3.63) is 0 Å². The van der Waals surface area contributed by atoms with Crippen molar-refractivity contribution >= 4 is 0 Å². The molecule has 1 heterocycles. The Labute approximate surface area is 101 Å². The van der Waals surface area contributed by atoms with Gasteiger partial charge in [0.05, 0.1) is 0 Å². The van der Waals surface area contributed by atoms with Gasteiger partial charge in [-0.2, -0.15) is 0 Å². The van der Waals surface area contributed by atoms with Gasteiger partial charge in [0.1, 0.15) is 0 Å². The predicted molar refractivity (Wildman–Crippen MR) is 70.9 cm³/mol. The molecular formula is C13H29N3. The maximum Gasteiger partial charge on any atom is 0.00912 e. The molecule has 1 saturated heterocycles. The third-order valence-corrected chi connectivity index (χ3v) is 3.57. The highest BCUT2D eigenvalue weighted by Gasteiger charge is 2.11. The first-order chi connectivity index (χ1) is 7.86. The molecule has 0 aliphatic carbocycles. The lowest BCUT2D eigenvalue weighted by atomic mass is 10.1. The lowest BCUT2D eigenvalue weighted by Crippen LogP contribution is -2.40. The molecule has 3 heteroatoms. The Balaban J connectivity index is 1.90. The van der Waals surface area contributed by atoms with Gasteiger partial charge in [-0.1, -0.05) is 13.8 Å². The van der Waals surface area contributed by atoms with Gasteiger partial charge in [0.25, 0.3) is 0 Å². The van der Waals surface area contributed by atoms with Crippen LogP contribution >= 0.6 is 0 Å². The molecule has 1 aliphatic heterocycles. The summed E-state index contributed by atoms with van der Waals surface area (Å²) < 4.78 is 0. The number of nitrogens with one attached hydrogen (secondary N) is 2. The van der Waals surface area contributed by atoms with E-state index in [0.717, 1.165) is 6.04 Å². The van der Waals surface area contributed by atoms with Crippen molar-refractivity contribution in [1.29, 1.82) is 0 Å². The van der Waals surface area contributed by atoms with Crippen LogP contribution in [0.3, 0.4) is 0 Å². The zero-order valence-corrected chi connectivity index (χ0v) is 11.1. The zero-order chi connectivity index (χ0) is 11.6. The SMILES string of the molecule is CCN(CC)CCCCNC1CCNCC1. The minimum absolute atomic E-state index is 0.773. The van der Waals surface area contributed by atoms with Gasteiger partial charge in [0, 0.05) is 6.04 Å². The van der Waals surface area contributed by atoms with Crippen LogP contribution in [0.5, 0.6) is 0 Å². The number of hydrogen-bond donors (Lipinski definition) is 2. The highest BCUT2D eigenvalue weighted by molar-refractivity contribution is 4.73. The van der Waals surface area contributed by atoms with Crippen molar-refractivity contribution in [2.45, 2.75) is 45.6 Å². The van der Waals surface area contributed by atoms with E-state index in [1.807, 2.05) is 0 Å².